The van der Waals surface area contributed by atoms with Crippen molar-refractivity contribution in [1.29, 1.82) is 0 Å². The first kappa shape index (κ1) is 16.1. The number of hydrogen-bond acceptors (Lipinski definition) is 4. The predicted molar refractivity (Wildman–Crippen MR) is 96.8 cm³/mol. The zero-order valence-corrected chi connectivity index (χ0v) is 14.8. The summed E-state index contributed by atoms with van der Waals surface area (Å²) in [6.07, 6.45) is 3.22. The molecule has 6 nitrogen and oxygen atoms in total. The Labute approximate surface area is 152 Å². The fraction of sp³-hybridized carbons (Fsp3) is 0.235. The summed E-state index contributed by atoms with van der Waals surface area (Å²) in [5.74, 6) is -0.648. The predicted octanol–water partition coefficient (Wildman–Crippen LogP) is 2.81. The molecule has 4 rings (SSSR count). The molecule has 3 aromatic rings. The molecule has 8 heteroatoms. The molecule has 0 aliphatic carbocycles. The molecule has 2 N–H and O–H groups in total. The number of carbonyl (C=O) groups excluding carboxylic acids is 2. The van der Waals surface area contributed by atoms with Crippen LogP contribution in [0.5, 0.6) is 0 Å². The number of nitrogens with zero attached hydrogens (tertiary/aromatic N) is 3. The van der Waals surface area contributed by atoms with Crippen LogP contribution in [0.15, 0.2) is 35.8 Å². The topological polar surface area (TPSA) is 80.7 Å². The Balaban J connectivity index is 1.71. The van der Waals surface area contributed by atoms with Gasteiger partial charge >= 0.3 is 0 Å². The lowest BCUT2D eigenvalue weighted by molar-refractivity contribution is -0.121. The van der Waals surface area contributed by atoms with Crippen LogP contribution >= 0.6 is 22.9 Å². The molecule has 3 heterocycles. The van der Waals surface area contributed by atoms with E-state index in [4.69, 9.17) is 17.3 Å². The molecule has 1 aliphatic rings. The number of halogens is 1. The number of hydrogen-bond donors (Lipinski definition) is 1. The summed E-state index contributed by atoms with van der Waals surface area (Å²) in [6, 6.07) is 6.88. The van der Waals surface area contributed by atoms with Crippen LogP contribution in [0.25, 0.3) is 16.2 Å². The van der Waals surface area contributed by atoms with Crippen LogP contribution in [0, 0.1) is 0 Å². The number of amides is 2. The molecule has 1 saturated heterocycles. The Morgan fingerprint density at radius 3 is 2.96 bits per heavy atom. The molecule has 0 saturated carbocycles. The van der Waals surface area contributed by atoms with Crippen LogP contribution in [0.2, 0.25) is 5.02 Å². The lowest BCUT2D eigenvalue weighted by atomic mass is 10.2. The number of nitrogens with two attached hydrogens (primary N) is 1. The molecule has 0 radical (unpaired) electrons. The summed E-state index contributed by atoms with van der Waals surface area (Å²) in [4.78, 5) is 31.3. The smallest absolute Gasteiger partial charge is 0.272 e. The van der Waals surface area contributed by atoms with Gasteiger partial charge in [0.15, 0.2) is 4.96 Å². The van der Waals surface area contributed by atoms with Crippen molar-refractivity contribution in [3.8, 4) is 11.3 Å². The van der Waals surface area contributed by atoms with Crippen molar-refractivity contribution in [3.63, 3.8) is 0 Å². The van der Waals surface area contributed by atoms with Crippen LogP contribution in [0.4, 0.5) is 0 Å². The van der Waals surface area contributed by atoms with E-state index in [0.717, 1.165) is 17.7 Å². The van der Waals surface area contributed by atoms with Crippen LogP contribution in [-0.2, 0) is 4.79 Å². The first-order valence-corrected chi connectivity index (χ1v) is 9.13. The minimum absolute atomic E-state index is 0.192. The molecular weight excluding hydrogens is 360 g/mol. The molecule has 2 amide bonds. The molecule has 1 atom stereocenters. The van der Waals surface area contributed by atoms with Gasteiger partial charge in [-0.15, -0.1) is 11.3 Å². The third-order valence-electron chi connectivity index (χ3n) is 4.39. The van der Waals surface area contributed by atoms with Gasteiger partial charge in [-0.2, -0.15) is 0 Å². The normalized spacial score (nSPS) is 17.3. The van der Waals surface area contributed by atoms with E-state index >= 15 is 0 Å². The molecule has 25 heavy (non-hydrogen) atoms. The highest BCUT2D eigenvalue weighted by molar-refractivity contribution is 7.15. The first-order chi connectivity index (χ1) is 12.0. The van der Waals surface area contributed by atoms with Crippen molar-refractivity contribution in [1.82, 2.24) is 14.3 Å². The van der Waals surface area contributed by atoms with Crippen molar-refractivity contribution in [2.75, 3.05) is 6.54 Å². The molecule has 0 bridgehead atoms. The number of primary amides is 1. The highest BCUT2D eigenvalue weighted by Crippen LogP contribution is 2.27. The average molecular weight is 375 g/mol. The second-order valence-electron chi connectivity index (χ2n) is 5.97. The summed E-state index contributed by atoms with van der Waals surface area (Å²) < 4.78 is 1.76. The Hall–Kier alpha value is -2.38. The van der Waals surface area contributed by atoms with Crippen LogP contribution in [0.1, 0.15) is 23.3 Å². The SMILES string of the molecule is NC(=O)[C@@H]1CCCN1C(=O)c1csc2nc(-c3cccc(Cl)c3)cn12. The standard InChI is InChI=1S/C17H15ClN4O2S/c18-11-4-1-3-10(7-11)12-8-22-14(9-25-17(22)20-12)16(24)21-6-2-5-13(21)15(19)23/h1,3-4,7-9,13H,2,5-6H2,(H2,19,23)/t13-/m0/s1. The van der Waals surface area contributed by atoms with E-state index in [1.165, 1.54) is 11.3 Å². The highest BCUT2D eigenvalue weighted by atomic mass is 35.5. The van der Waals surface area contributed by atoms with Crippen LogP contribution in [0.3, 0.4) is 0 Å². The van der Waals surface area contributed by atoms with E-state index in [1.807, 2.05) is 24.4 Å². The maximum absolute atomic E-state index is 12.9. The molecule has 1 aromatic carbocycles. The number of rotatable bonds is 3. The van der Waals surface area contributed by atoms with E-state index in [9.17, 15) is 9.59 Å². The largest absolute Gasteiger partial charge is 0.368 e. The third-order valence-corrected chi connectivity index (χ3v) is 5.47. The average Bonchev–Trinajstić information content (AvgIpc) is 3.29. The molecule has 0 spiro atoms. The van der Waals surface area contributed by atoms with Gasteiger partial charge in [0.2, 0.25) is 5.91 Å². The van der Waals surface area contributed by atoms with E-state index in [2.05, 4.69) is 4.98 Å². The number of benzene rings is 1. The minimum atomic E-state index is -0.529. The Bertz CT molecular complexity index is 980. The van der Waals surface area contributed by atoms with E-state index < -0.39 is 11.9 Å². The van der Waals surface area contributed by atoms with E-state index in [-0.39, 0.29) is 5.91 Å². The van der Waals surface area contributed by atoms with Gasteiger partial charge in [-0.25, -0.2) is 4.98 Å². The third kappa shape index (κ3) is 2.79. The maximum Gasteiger partial charge on any atom is 0.272 e. The Morgan fingerprint density at radius 2 is 2.20 bits per heavy atom. The number of aromatic nitrogens is 2. The fourth-order valence-corrected chi connectivity index (χ4v) is 4.21. The van der Waals surface area contributed by atoms with Crippen molar-refractivity contribution in [3.05, 3.63) is 46.6 Å². The van der Waals surface area contributed by atoms with Crippen molar-refractivity contribution < 1.29 is 9.59 Å². The molecule has 1 fully saturated rings. The van der Waals surface area contributed by atoms with Gasteiger partial charge < -0.3 is 10.6 Å². The first-order valence-electron chi connectivity index (χ1n) is 7.87. The van der Waals surface area contributed by atoms with Crippen molar-refractivity contribution in [2.24, 2.45) is 5.73 Å². The van der Waals surface area contributed by atoms with Gasteiger partial charge in [0.25, 0.3) is 5.91 Å². The summed E-state index contributed by atoms with van der Waals surface area (Å²) in [5.41, 5.74) is 7.55. The maximum atomic E-state index is 12.9. The zero-order valence-electron chi connectivity index (χ0n) is 13.2. The second-order valence-corrected chi connectivity index (χ2v) is 7.24. The number of imidazole rings is 1. The number of likely N-dealkylation sites (tertiary alicyclic amines) is 1. The van der Waals surface area contributed by atoms with Crippen molar-refractivity contribution in [2.45, 2.75) is 18.9 Å². The van der Waals surface area contributed by atoms with Gasteiger partial charge in [0.05, 0.1) is 5.69 Å². The number of fused-ring (bicyclic) bond motifs is 1. The summed E-state index contributed by atoms with van der Waals surface area (Å²) in [6.45, 7) is 0.541. The zero-order chi connectivity index (χ0) is 17.6. The molecular formula is C17H15ClN4O2S. The van der Waals surface area contributed by atoms with E-state index in [1.54, 1.807) is 20.7 Å². The van der Waals surface area contributed by atoms with Gasteiger partial charge in [0.1, 0.15) is 11.7 Å². The Morgan fingerprint density at radius 1 is 1.36 bits per heavy atom. The fourth-order valence-electron chi connectivity index (χ4n) is 3.18. The minimum Gasteiger partial charge on any atom is -0.368 e. The molecule has 1 aliphatic heterocycles. The van der Waals surface area contributed by atoms with Crippen LogP contribution in [-0.4, -0.2) is 38.7 Å². The monoisotopic (exact) mass is 374 g/mol. The lowest BCUT2D eigenvalue weighted by Crippen LogP contribution is -2.44. The number of carbonyl (C=O) groups is 2. The molecule has 2 aromatic heterocycles. The molecule has 128 valence electrons. The summed E-state index contributed by atoms with van der Waals surface area (Å²) >= 11 is 7.43. The van der Waals surface area contributed by atoms with Crippen molar-refractivity contribution >= 4 is 39.7 Å². The quantitative estimate of drug-likeness (QED) is 0.765. The lowest BCUT2D eigenvalue weighted by Gasteiger charge is -2.21. The van der Waals surface area contributed by atoms with Gasteiger partial charge in [-0.3, -0.25) is 14.0 Å². The van der Waals surface area contributed by atoms with Gasteiger partial charge in [0, 0.05) is 28.7 Å². The summed E-state index contributed by atoms with van der Waals surface area (Å²) in [5, 5.41) is 2.40. The summed E-state index contributed by atoms with van der Waals surface area (Å²) in [7, 11) is 0. The van der Waals surface area contributed by atoms with Gasteiger partial charge in [-0.05, 0) is 25.0 Å². The second kappa shape index (κ2) is 6.16. The number of thiazole rings is 1. The van der Waals surface area contributed by atoms with E-state index in [0.29, 0.717) is 28.6 Å². The highest BCUT2D eigenvalue weighted by Gasteiger charge is 2.34. The Kier molecular flexibility index (Phi) is 3.97. The van der Waals surface area contributed by atoms with Crippen LogP contribution < -0.4 is 5.73 Å². The van der Waals surface area contributed by atoms with Gasteiger partial charge in [-0.1, -0.05) is 23.7 Å². The molecule has 0 unspecified atom stereocenters.